The summed E-state index contributed by atoms with van der Waals surface area (Å²) in [6, 6.07) is 17.7. The Bertz CT molecular complexity index is 1110. The predicted molar refractivity (Wildman–Crippen MR) is 145 cm³/mol. The van der Waals surface area contributed by atoms with Crippen molar-refractivity contribution in [3.63, 3.8) is 0 Å². The van der Waals surface area contributed by atoms with Gasteiger partial charge in [0, 0.05) is 19.9 Å². The van der Waals surface area contributed by atoms with Crippen molar-refractivity contribution in [3.05, 3.63) is 71.8 Å². The Labute approximate surface area is 220 Å². The summed E-state index contributed by atoms with van der Waals surface area (Å²) in [5, 5.41) is 2.74. The Morgan fingerprint density at radius 1 is 0.919 bits per heavy atom. The van der Waals surface area contributed by atoms with Crippen LogP contribution in [0.1, 0.15) is 50.7 Å². The molecule has 37 heavy (non-hydrogen) atoms. The third-order valence-electron chi connectivity index (χ3n) is 6.02. The van der Waals surface area contributed by atoms with Crippen molar-refractivity contribution >= 4 is 27.5 Å². The third kappa shape index (κ3) is 11.4. The first-order valence-electron chi connectivity index (χ1n) is 12.7. The van der Waals surface area contributed by atoms with Crippen molar-refractivity contribution in [3.8, 4) is 0 Å². The second kappa shape index (κ2) is 15.4. The Kier molecular flexibility index (Phi) is 12.6. The van der Waals surface area contributed by atoms with E-state index in [4.69, 9.17) is 5.73 Å². The fraction of sp³-hybridized carbons (Fsp3) is 0.464. The number of carbonyl (C=O) groups excluding carboxylic acids is 3. The lowest BCUT2D eigenvalue weighted by molar-refractivity contribution is -0.127. The van der Waals surface area contributed by atoms with Crippen LogP contribution >= 0.6 is 0 Å². The quantitative estimate of drug-likeness (QED) is 0.304. The highest BCUT2D eigenvalue weighted by Gasteiger charge is 2.30. The van der Waals surface area contributed by atoms with Gasteiger partial charge in [-0.3, -0.25) is 14.4 Å². The molecule has 0 aliphatic heterocycles. The van der Waals surface area contributed by atoms with Crippen molar-refractivity contribution in [1.82, 2.24) is 9.62 Å². The summed E-state index contributed by atoms with van der Waals surface area (Å²) < 4.78 is 28.0. The van der Waals surface area contributed by atoms with Gasteiger partial charge in [-0.05, 0) is 56.2 Å². The number of ketones is 2. The van der Waals surface area contributed by atoms with Crippen molar-refractivity contribution in [2.45, 2.75) is 57.7 Å². The Hall–Kier alpha value is -2.88. The Balaban J connectivity index is 2.30. The monoisotopic (exact) mass is 529 g/mol. The lowest BCUT2D eigenvalue weighted by atomic mass is 9.90. The maximum absolute atomic E-state index is 13.4. The van der Waals surface area contributed by atoms with E-state index < -0.39 is 16.1 Å². The molecule has 2 atom stereocenters. The van der Waals surface area contributed by atoms with E-state index in [1.807, 2.05) is 36.4 Å². The van der Waals surface area contributed by atoms with Gasteiger partial charge in [0.1, 0.15) is 5.78 Å². The number of benzene rings is 2. The van der Waals surface area contributed by atoms with Gasteiger partial charge in [0.2, 0.25) is 15.9 Å². The third-order valence-corrected chi connectivity index (χ3v) is 7.78. The maximum atomic E-state index is 13.4. The summed E-state index contributed by atoms with van der Waals surface area (Å²) in [5.74, 6) is -1.35. The van der Waals surface area contributed by atoms with E-state index in [1.165, 1.54) is 18.2 Å². The normalized spacial score (nSPS) is 13.2. The minimum Gasteiger partial charge on any atom is -0.347 e. The molecular formula is C28H39N3O5S. The largest absolute Gasteiger partial charge is 0.347 e. The van der Waals surface area contributed by atoms with Crippen LogP contribution in [0.4, 0.5) is 0 Å². The first-order chi connectivity index (χ1) is 17.6. The van der Waals surface area contributed by atoms with E-state index in [2.05, 4.69) is 5.32 Å². The zero-order chi connectivity index (χ0) is 27.3. The second-order valence-electron chi connectivity index (χ2n) is 9.50. The standard InChI is InChI=1S/C28H39N3O5S/c1-22(32)19-31(37(35,36)21-25-13-7-4-8-14-25)20-26(17-24-11-5-3-6-12-24)18-28(34)27(30-23(2)33)15-9-10-16-29/h3-8,11-14,26-27H,9-10,15-21,29H2,1-2H3,(H,30,33). The molecule has 0 aliphatic rings. The molecule has 0 saturated carbocycles. The molecule has 202 valence electrons. The van der Waals surface area contributed by atoms with Crippen LogP contribution in [0.15, 0.2) is 60.7 Å². The number of rotatable bonds is 17. The minimum atomic E-state index is -3.83. The maximum Gasteiger partial charge on any atom is 0.218 e. The molecule has 2 rings (SSSR count). The molecule has 0 heterocycles. The molecule has 0 aliphatic carbocycles. The minimum absolute atomic E-state index is 0.0188. The molecule has 0 aromatic heterocycles. The van der Waals surface area contributed by atoms with Gasteiger partial charge in [0.05, 0.1) is 18.3 Å². The van der Waals surface area contributed by atoms with E-state index >= 15 is 0 Å². The summed E-state index contributed by atoms with van der Waals surface area (Å²) in [6.07, 6.45) is 2.42. The molecule has 1 amide bonds. The van der Waals surface area contributed by atoms with Gasteiger partial charge >= 0.3 is 0 Å². The fourth-order valence-electron chi connectivity index (χ4n) is 4.32. The summed E-state index contributed by atoms with van der Waals surface area (Å²) in [6.45, 7) is 2.98. The molecule has 0 fully saturated rings. The lowest BCUT2D eigenvalue weighted by Gasteiger charge is -2.27. The van der Waals surface area contributed by atoms with Crippen molar-refractivity contribution < 1.29 is 22.8 Å². The van der Waals surface area contributed by atoms with Gasteiger partial charge in [0.25, 0.3) is 0 Å². The van der Waals surface area contributed by atoms with Crippen LogP contribution in [0, 0.1) is 5.92 Å². The number of nitrogens with one attached hydrogen (secondary N) is 1. The SMILES string of the molecule is CC(=O)CN(CC(CC(=O)C(CCCCN)NC(C)=O)Cc1ccccc1)S(=O)(=O)Cc1ccccc1. The molecule has 3 N–H and O–H groups in total. The van der Waals surface area contributed by atoms with Crippen LogP contribution in [0.2, 0.25) is 0 Å². The average molecular weight is 530 g/mol. The molecule has 0 saturated heterocycles. The van der Waals surface area contributed by atoms with Crippen molar-refractivity contribution in [2.75, 3.05) is 19.6 Å². The van der Waals surface area contributed by atoms with E-state index in [1.54, 1.807) is 24.3 Å². The van der Waals surface area contributed by atoms with E-state index in [0.29, 0.717) is 31.4 Å². The van der Waals surface area contributed by atoms with Crippen LogP contribution in [0.3, 0.4) is 0 Å². The molecule has 2 unspecified atom stereocenters. The van der Waals surface area contributed by atoms with Crippen LogP contribution < -0.4 is 11.1 Å². The number of hydrogen-bond donors (Lipinski definition) is 2. The number of unbranched alkanes of at least 4 members (excludes halogenated alkanes) is 1. The zero-order valence-corrected chi connectivity index (χ0v) is 22.6. The average Bonchev–Trinajstić information content (AvgIpc) is 2.83. The first kappa shape index (κ1) is 30.3. The predicted octanol–water partition coefficient (Wildman–Crippen LogP) is 2.86. The van der Waals surface area contributed by atoms with Crippen LogP contribution in [-0.4, -0.2) is 55.9 Å². The highest BCUT2D eigenvalue weighted by molar-refractivity contribution is 7.88. The summed E-state index contributed by atoms with van der Waals surface area (Å²) in [5.41, 5.74) is 7.17. The van der Waals surface area contributed by atoms with Crippen LogP contribution in [-0.2, 0) is 36.6 Å². The number of nitrogens with two attached hydrogens (primary N) is 1. The molecule has 9 heteroatoms. The van der Waals surface area contributed by atoms with Crippen molar-refractivity contribution in [2.24, 2.45) is 11.7 Å². The van der Waals surface area contributed by atoms with E-state index in [-0.39, 0.29) is 48.7 Å². The van der Waals surface area contributed by atoms with Crippen LogP contribution in [0.25, 0.3) is 0 Å². The summed E-state index contributed by atoms with van der Waals surface area (Å²) in [7, 11) is -3.83. The molecule has 8 nitrogen and oxygen atoms in total. The number of hydrogen-bond acceptors (Lipinski definition) is 6. The number of Topliss-reactive ketones (excluding diaryl/α,β-unsaturated/α-hetero) is 2. The van der Waals surface area contributed by atoms with Crippen molar-refractivity contribution in [1.29, 1.82) is 0 Å². The summed E-state index contributed by atoms with van der Waals surface area (Å²) >= 11 is 0. The second-order valence-corrected chi connectivity index (χ2v) is 11.5. The fourth-order valence-corrected chi connectivity index (χ4v) is 5.93. The molecule has 2 aromatic carbocycles. The number of sulfonamides is 1. The molecule has 0 bridgehead atoms. The highest BCUT2D eigenvalue weighted by atomic mass is 32.2. The van der Waals surface area contributed by atoms with Gasteiger partial charge in [-0.2, -0.15) is 4.31 Å². The number of carbonyl (C=O) groups is 3. The van der Waals surface area contributed by atoms with Gasteiger partial charge in [-0.1, -0.05) is 60.7 Å². The molecule has 0 spiro atoms. The van der Waals surface area contributed by atoms with Gasteiger partial charge < -0.3 is 11.1 Å². The van der Waals surface area contributed by atoms with E-state index in [0.717, 1.165) is 12.0 Å². The van der Waals surface area contributed by atoms with Gasteiger partial charge in [-0.25, -0.2) is 8.42 Å². The molecule has 2 aromatic rings. The van der Waals surface area contributed by atoms with Gasteiger partial charge in [-0.15, -0.1) is 0 Å². The number of amides is 1. The van der Waals surface area contributed by atoms with Crippen LogP contribution in [0.5, 0.6) is 0 Å². The molecular weight excluding hydrogens is 490 g/mol. The Morgan fingerprint density at radius 2 is 1.51 bits per heavy atom. The highest BCUT2D eigenvalue weighted by Crippen LogP contribution is 2.20. The summed E-state index contributed by atoms with van der Waals surface area (Å²) in [4.78, 5) is 37.2. The topological polar surface area (TPSA) is 127 Å². The number of nitrogens with zero attached hydrogens (tertiary/aromatic N) is 1. The molecule has 0 radical (unpaired) electrons. The lowest BCUT2D eigenvalue weighted by Crippen LogP contribution is -2.43. The zero-order valence-electron chi connectivity index (χ0n) is 21.8. The smallest absolute Gasteiger partial charge is 0.218 e. The van der Waals surface area contributed by atoms with E-state index in [9.17, 15) is 22.8 Å². The van der Waals surface area contributed by atoms with Gasteiger partial charge in [0.15, 0.2) is 5.78 Å². The Morgan fingerprint density at radius 3 is 2.05 bits per heavy atom. The first-order valence-corrected chi connectivity index (χ1v) is 14.3.